The number of hydrogen-bond acceptors (Lipinski definition) is 4. The summed E-state index contributed by atoms with van der Waals surface area (Å²) < 4.78 is 17.2. The summed E-state index contributed by atoms with van der Waals surface area (Å²) in [6.07, 6.45) is 20.3. The number of allylic oxidation sites excluding steroid dienone is 4. The molecule has 4 heteroatoms. The first-order valence-corrected chi connectivity index (χ1v) is 10.2. The van der Waals surface area contributed by atoms with Crippen molar-refractivity contribution in [1.82, 2.24) is 4.90 Å². The van der Waals surface area contributed by atoms with E-state index in [9.17, 15) is 0 Å². The largest absolute Gasteiger partial charge is 0.466 e. The summed E-state index contributed by atoms with van der Waals surface area (Å²) in [5.74, 6) is 0.902. The van der Waals surface area contributed by atoms with Crippen LogP contribution in [0.3, 0.4) is 0 Å². The monoisotopic (exact) mass is 371 g/mol. The molecule has 1 fully saturated rings. The Morgan fingerprint density at radius 2 is 2.33 bits per heavy atom. The lowest BCUT2D eigenvalue weighted by Gasteiger charge is -2.45. The van der Waals surface area contributed by atoms with Crippen LogP contribution in [0.2, 0.25) is 0 Å². The van der Waals surface area contributed by atoms with E-state index in [1.54, 1.807) is 18.8 Å². The minimum atomic E-state index is 0.140. The van der Waals surface area contributed by atoms with Crippen molar-refractivity contribution in [1.29, 1.82) is 0 Å². The fraction of sp³-hybridized carbons (Fsp3) is 0.565. The predicted octanol–water partition coefficient (Wildman–Crippen LogP) is 5.08. The van der Waals surface area contributed by atoms with Crippen molar-refractivity contribution >= 4 is 0 Å². The standard InChI is InChI=1S/C23H33NO3/c1-3-11-23(19-25-4-2)12-8-13-24(18-23)21(22-17-26-14-15-27-22)16-20-9-6-5-7-10-20/h3,5-6,9,14-15,17,21H,1,4,7-8,10-13,16,18-19H2,2H3. The van der Waals surface area contributed by atoms with Crippen molar-refractivity contribution in [2.24, 2.45) is 5.41 Å². The van der Waals surface area contributed by atoms with Crippen molar-refractivity contribution in [2.75, 3.05) is 26.3 Å². The van der Waals surface area contributed by atoms with Crippen molar-refractivity contribution in [3.8, 4) is 0 Å². The van der Waals surface area contributed by atoms with Crippen LogP contribution in [0.1, 0.15) is 45.4 Å². The maximum Gasteiger partial charge on any atom is 0.156 e. The fourth-order valence-corrected chi connectivity index (χ4v) is 4.39. The molecule has 0 bridgehead atoms. The van der Waals surface area contributed by atoms with Crippen molar-refractivity contribution in [3.63, 3.8) is 0 Å². The van der Waals surface area contributed by atoms with Crippen LogP contribution < -0.4 is 0 Å². The van der Waals surface area contributed by atoms with Gasteiger partial charge in [-0.25, -0.2) is 0 Å². The average molecular weight is 372 g/mol. The molecule has 1 saturated heterocycles. The van der Waals surface area contributed by atoms with Crippen LogP contribution in [0.4, 0.5) is 0 Å². The molecule has 2 heterocycles. The number of ether oxygens (including phenoxy) is 3. The zero-order valence-corrected chi connectivity index (χ0v) is 16.6. The number of rotatable bonds is 9. The molecule has 0 aromatic carbocycles. The summed E-state index contributed by atoms with van der Waals surface area (Å²) in [5, 5.41) is 0. The molecule has 27 heavy (non-hydrogen) atoms. The van der Waals surface area contributed by atoms with Gasteiger partial charge in [-0.1, -0.05) is 29.9 Å². The topological polar surface area (TPSA) is 30.9 Å². The lowest BCUT2D eigenvalue weighted by Crippen LogP contribution is -2.50. The first-order chi connectivity index (χ1) is 13.3. The lowest BCUT2D eigenvalue weighted by molar-refractivity contribution is -0.0168. The molecule has 0 N–H and O–H groups in total. The van der Waals surface area contributed by atoms with Gasteiger partial charge in [0.2, 0.25) is 0 Å². The highest BCUT2D eigenvalue weighted by atomic mass is 16.5. The second-order valence-corrected chi connectivity index (χ2v) is 7.76. The third-order valence-corrected chi connectivity index (χ3v) is 5.73. The second-order valence-electron chi connectivity index (χ2n) is 7.76. The highest BCUT2D eigenvalue weighted by Gasteiger charge is 2.39. The Balaban J connectivity index is 1.79. The molecular formula is C23H33NO3. The zero-order chi connectivity index (χ0) is 19.0. The van der Waals surface area contributed by atoms with Gasteiger partial charge in [0.05, 0.1) is 12.6 Å². The number of hydrogen-bond donors (Lipinski definition) is 0. The maximum atomic E-state index is 5.88. The van der Waals surface area contributed by atoms with E-state index in [2.05, 4.69) is 36.6 Å². The van der Waals surface area contributed by atoms with Crippen LogP contribution >= 0.6 is 0 Å². The molecule has 148 valence electrons. The normalized spacial score (nSPS) is 26.6. The maximum absolute atomic E-state index is 5.88. The second kappa shape index (κ2) is 9.95. The van der Waals surface area contributed by atoms with Gasteiger partial charge < -0.3 is 14.2 Å². The summed E-state index contributed by atoms with van der Waals surface area (Å²) in [6.45, 7) is 9.69. The van der Waals surface area contributed by atoms with Gasteiger partial charge in [0, 0.05) is 18.6 Å². The Bertz CT molecular complexity index is 619. The third-order valence-electron chi connectivity index (χ3n) is 5.73. The number of nitrogens with zero attached hydrogens (tertiary/aromatic N) is 1. The van der Waals surface area contributed by atoms with E-state index in [0.717, 1.165) is 57.7 Å². The van der Waals surface area contributed by atoms with Crippen molar-refractivity contribution < 1.29 is 14.2 Å². The molecule has 0 radical (unpaired) electrons. The Kier molecular flexibility index (Phi) is 7.36. The molecule has 4 nitrogen and oxygen atoms in total. The van der Waals surface area contributed by atoms with E-state index in [1.807, 2.05) is 6.08 Å². The minimum Gasteiger partial charge on any atom is -0.466 e. The molecule has 2 aliphatic heterocycles. The molecular weight excluding hydrogens is 338 g/mol. The molecule has 2 unspecified atom stereocenters. The van der Waals surface area contributed by atoms with Gasteiger partial charge in [-0.3, -0.25) is 4.90 Å². The molecule has 2 atom stereocenters. The van der Waals surface area contributed by atoms with Crippen molar-refractivity contribution in [3.05, 3.63) is 61.0 Å². The predicted molar refractivity (Wildman–Crippen MR) is 109 cm³/mol. The van der Waals surface area contributed by atoms with E-state index < -0.39 is 0 Å². The Morgan fingerprint density at radius 1 is 1.41 bits per heavy atom. The van der Waals surface area contributed by atoms with Crippen molar-refractivity contribution in [2.45, 2.75) is 51.5 Å². The van der Waals surface area contributed by atoms with Gasteiger partial charge in [-0.2, -0.15) is 0 Å². The number of piperidine rings is 1. The Morgan fingerprint density at radius 3 is 3.04 bits per heavy atom. The fourth-order valence-electron chi connectivity index (χ4n) is 4.39. The van der Waals surface area contributed by atoms with Crippen LogP contribution in [0.15, 0.2) is 61.0 Å². The molecule has 1 aliphatic carbocycles. The molecule has 0 aromatic rings. The van der Waals surface area contributed by atoms with E-state index in [4.69, 9.17) is 14.2 Å². The van der Waals surface area contributed by atoms with E-state index >= 15 is 0 Å². The van der Waals surface area contributed by atoms with Crippen LogP contribution in [0.25, 0.3) is 0 Å². The Labute approximate surface area is 163 Å². The summed E-state index contributed by atoms with van der Waals surface area (Å²) in [7, 11) is 0. The van der Waals surface area contributed by atoms with E-state index in [-0.39, 0.29) is 11.5 Å². The number of likely N-dealkylation sites (tertiary alicyclic amines) is 1. The molecule has 0 amide bonds. The van der Waals surface area contributed by atoms with E-state index in [0.29, 0.717) is 0 Å². The van der Waals surface area contributed by atoms with Crippen LogP contribution in [0.5, 0.6) is 0 Å². The zero-order valence-electron chi connectivity index (χ0n) is 16.6. The summed E-state index contributed by atoms with van der Waals surface area (Å²) in [5.41, 5.74) is 1.62. The lowest BCUT2D eigenvalue weighted by atomic mass is 9.77. The average Bonchev–Trinajstić information content (AvgIpc) is 2.72. The van der Waals surface area contributed by atoms with Crippen LogP contribution in [0, 0.1) is 5.41 Å². The van der Waals surface area contributed by atoms with Gasteiger partial charge in [-0.05, 0) is 52.0 Å². The molecule has 0 saturated carbocycles. The van der Waals surface area contributed by atoms with Crippen LogP contribution in [-0.4, -0.2) is 37.2 Å². The molecule has 0 spiro atoms. The van der Waals surface area contributed by atoms with Gasteiger partial charge in [-0.15, -0.1) is 6.58 Å². The SMILES string of the molecule is C=CCC1(COCC)CCCN(C(CC2=CC=CCC2)C2=COC=CO2)C1. The molecule has 3 aliphatic rings. The highest BCUT2D eigenvalue weighted by Crippen LogP contribution is 2.38. The first-order valence-electron chi connectivity index (χ1n) is 10.2. The molecule has 0 aromatic heterocycles. The summed E-state index contributed by atoms with van der Waals surface area (Å²) in [4.78, 5) is 2.57. The highest BCUT2D eigenvalue weighted by molar-refractivity contribution is 5.21. The third kappa shape index (κ3) is 5.36. The quantitative estimate of drug-likeness (QED) is 0.529. The first kappa shape index (κ1) is 20.0. The smallest absolute Gasteiger partial charge is 0.156 e. The Hall–Kier alpha value is -1.78. The summed E-state index contributed by atoms with van der Waals surface area (Å²) >= 11 is 0. The van der Waals surface area contributed by atoms with Gasteiger partial charge in [0.25, 0.3) is 0 Å². The van der Waals surface area contributed by atoms with Gasteiger partial charge in [0.15, 0.2) is 5.76 Å². The summed E-state index contributed by atoms with van der Waals surface area (Å²) in [6, 6.07) is 0.193. The van der Waals surface area contributed by atoms with Crippen LogP contribution in [-0.2, 0) is 14.2 Å². The van der Waals surface area contributed by atoms with Gasteiger partial charge >= 0.3 is 0 Å². The van der Waals surface area contributed by atoms with Gasteiger partial charge in [0.1, 0.15) is 18.8 Å². The van der Waals surface area contributed by atoms with E-state index in [1.165, 1.54) is 18.4 Å². The molecule has 3 rings (SSSR count). The minimum absolute atomic E-state index is 0.140.